The third kappa shape index (κ3) is 4.25. The minimum atomic E-state index is 0.101. The van der Waals surface area contributed by atoms with Gasteiger partial charge in [0.05, 0.1) is 18.1 Å². The highest BCUT2D eigenvalue weighted by molar-refractivity contribution is 4.80. The summed E-state index contributed by atoms with van der Waals surface area (Å²) in [7, 11) is 0. The molecule has 1 fully saturated rings. The van der Waals surface area contributed by atoms with Crippen molar-refractivity contribution in [3.05, 3.63) is 0 Å². The summed E-state index contributed by atoms with van der Waals surface area (Å²) in [6.07, 6.45) is 4.01. The zero-order chi connectivity index (χ0) is 9.52. The first-order chi connectivity index (χ1) is 6.33. The third-order valence-corrected chi connectivity index (χ3v) is 2.32. The third-order valence-electron chi connectivity index (χ3n) is 2.32. The Morgan fingerprint density at radius 1 is 1.62 bits per heavy atom. The molecule has 1 heterocycles. The largest absolute Gasteiger partial charge is 0.377 e. The number of nitrogens with one attached hydrogen (secondary N) is 1. The van der Waals surface area contributed by atoms with Crippen molar-refractivity contribution in [2.45, 2.75) is 32.3 Å². The molecule has 3 nitrogen and oxygen atoms in total. The van der Waals surface area contributed by atoms with Gasteiger partial charge in [-0.05, 0) is 26.2 Å². The van der Waals surface area contributed by atoms with Crippen LogP contribution in [0.5, 0.6) is 0 Å². The normalized spacial score (nSPS) is 25.1. The maximum atomic E-state index is 8.55. The summed E-state index contributed by atoms with van der Waals surface area (Å²) in [4.78, 5) is 0. The lowest BCUT2D eigenvalue weighted by Gasteiger charge is -2.22. The van der Waals surface area contributed by atoms with Gasteiger partial charge in [-0.25, -0.2) is 0 Å². The van der Waals surface area contributed by atoms with Gasteiger partial charge in [-0.3, -0.25) is 0 Å². The highest BCUT2D eigenvalue weighted by atomic mass is 16.5. The van der Waals surface area contributed by atoms with Crippen molar-refractivity contribution in [2.75, 3.05) is 19.7 Å². The second-order valence-electron chi connectivity index (χ2n) is 3.68. The average Bonchev–Trinajstić information content (AvgIpc) is 2.19. The molecule has 0 spiro atoms. The molecule has 13 heavy (non-hydrogen) atoms. The van der Waals surface area contributed by atoms with Gasteiger partial charge in [0.1, 0.15) is 0 Å². The molecule has 74 valence electrons. The molecule has 1 rings (SSSR count). The molecule has 2 unspecified atom stereocenters. The first-order valence-electron chi connectivity index (χ1n) is 5.05. The molecule has 0 amide bonds. The molecule has 0 aliphatic carbocycles. The van der Waals surface area contributed by atoms with E-state index >= 15 is 0 Å². The van der Waals surface area contributed by atoms with Crippen molar-refractivity contribution < 1.29 is 4.74 Å². The Kier molecular flexibility index (Phi) is 4.81. The van der Waals surface area contributed by atoms with Gasteiger partial charge in [-0.2, -0.15) is 5.26 Å². The molecule has 0 bridgehead atoms. The lowest BCUT2D eigenvalue weighted by Crippen LogP contribution is -2.33. The van der Waals surface area contributed by atoms with E-state index in [9.17, 15) is 0 Å². The lowest BCUT2D eigenvalue weighted by molar-refractivity contribution is 0.0168. The summed E-state index contributed by atoms with van der Waals surface area (Å²) in [6, 6.07) is 2.20. The molecule has 1 aliphatic rings. The minimum absolute atomic E-state index is 0.101. The molecule has 2 atom stereocenters. The minimum Gasteiger partial charge on any atom is -0.377 e. The number of ether oxygens (including phenoxy) is 1. The van der Waals surface area contributed by atoms with E-state index in [1.807, 2.05) is 6.92 Å². The number of hydrogen-bond donors (Lipinski definition) is 1. The van der Waals surface area contributed by atoms with Crippen LogP contribution in [0.2, 0.25) is 0 Å². The van der Waals surface area contributed by atoms with E-state index in [4.69, 9.17) is 10.00 Å². The molecule has 3 heteroatoms. The van der Waals surface area contributed by atoms with Crippen molar-refractivity contribution in [3.8, 4) is 6.07 Å². The van der Waals surface area contributed by atoms with Crippen LogP contribution in [0.15, 0.2) is 0 Å². The van der Waals surface area contributed by atoms with E-state index in [0.29, 0.717) is 6.10 Å². The number of hydrogen-bond acceptors (Lipinski definition) is 3. The van der Waals surface area contributed by atoms with E-state index in [1.54, 1.807) is 0 Å². The second kappa shape index (κ2) is 5.95. The molecule has 0 aromatic heterocycles. The van der Waals surface area contributed by atoms with Crippen molar-refractivity contribution >= 4 is 0 Å². The highest BCUT2D eigenvalue weighted by Crippen LogP contribution is 2.11. The standard InChI is InChI=1S/C10H18N2O/c1-9(6-11)7-12-8-10-4-2-3-5-13-10/h9-10,12H,2-5,7-8H2,1H3. The molecule has 0 radical (unpaired) electrons. The summed E-state index contributed by atoms with van der Waals surface area (Å²) in [5.74, 6) is 0.101. The Morgan fingerprint density at radius 3 is 3.08 bits per heavy atom. The van der Waals surface area contributed by atoms with Gasteiger partial charge in [-0.1, -0.05) is 0 Å². The lowest BCUT2D eigenvalue weighted by atomic mass is 10.1. The molecular formula is C10H18N2O. The number of nitriles is 1. The Labute approximate surface area is 80.1 Å². The number of nitrogens with zero attached hydrogens (tertiary/aromatic N) is 1. The van der Waals surface area contributed by atoms with Crippen molar-refractivity contribution in [1.82, 2.24) is 5.32 Å². The summed E-state index contributed by atoms with van der Waals surface area (Å²) in [5.41, 5.74) is 0. The molecule has 0 saturated carbocycles. The van der Waals surface area contributed by atoms with Gasteiger partial charge in [0, 0.05) is 19.7 Å². The molecule has 1 aliphatic heterocycles. The molecule has 0 aromatic carbocycles. The zero-order valence-corrected chi connectivity index (χ0v) is 8.25. The van der Waals surface area contributed by atoms with Crippen LogP contribution in [-0.4, -0.2) is 25.8 Å². The van der Waals surface area contributed by atoms with E-state index in [1.165, 1.54) is 12.8 Å². The van der Waals surface area contributed by atoms with Crippen LogP contribution >= 0.6 is 0 Å². The Bertz CT molecular complexity index is 170. The maximum Gasteiger partial charge on any atom is 0.0699 e. The van der Waals surface area contributed by atoms with E-state index in [0.717, 1.165) is 26.1 Å². The van der Waals surface area contributed by atoms with Crippen LogP contribution in [0.25, 0.3) is 0 Å². The summed E-state index contributed by atoms with van der Waals surface area (Å²) >= 11 is 0. The SMILES string of the molecule is CC(C#N)CNCC1CCCCO1. The van der Waals surface area contributed by atoms with Gasteiger partial charge in [0.15, 0.2) is 0 Å². The van der Waals surface area contributed by atoms with Crippen LogP contribution in [0.4, 0.5) is 0 Å². The second-order valence-corrected chi connectivity index (χ2v) is 3.68. The van der Waals surface area contributed by atoms with Crippen molar-refractivity contribution in [1.29, 1.82) is 5.26 Å². The Morgan fingerprint density at radius 2 is 2.46 bits per heavy atom. The zero-order valence-electron chi connectivity index (χ0n) is 8.25. The fourth-order valence-corrected chi connectivity index (χ4v) is 1.47. The Hall–Kier alpha value is -0.590. The van der Waals surface area contributed by atoms with Crippen LogP contribution < -0.4 is 5.32 Å². The van der Waals surface area contributed by atoms with Gasteiger partial charge in [-0.15, -0.1) is 0 Å². The Balaban J connectivity index is 2.02. The van der Waals surface area contributed by atoms with Crippen molar-refractivity contribution in [2.24, 2.45) is 5.92 Å². The smallest absolute Gasteiger partial charge is 0.0699 e. The van der Waals surface area contributed by atoms with Crippen LogP contribution in [-0.2, 0) is 4.74 Å². The monoisotopic (exact) mass is 182 g/mol. The molecule has 1 N–H and O–H groups in total. The van der Waals surface area contributed by atoms with E-state index in [-0.39, 0.29) is 5.92 Å². The van der Waals surface area contributed by atoms with Gasteiger partial charge < -0.3 is 10.1 Å². The average molecular weight is 182 g/mol. The predicted molar refractivity (Wildman–Crippen MR) is 51.2 cm³/mol. The summed E-state index contributed by atoms with van der Waals surface area (Å²) in [6.45, 7) is 4.50. The van der Waals surface area contributed by atoms with Crippen LogP contribution in [0, 0.1) is 17.2 Å². The van der Waals surface area contributed by atoms with Crippen LogP contribution in [0.3, 0.4) is 0 Å². The summed E-state index contributed by atoms with van der Waals surface area (Å²) < 4.78 is 5.55. The number of rotatable bonds is 4. The van der Waals surface area contributed by atoms with E-state index < -0.39 is 0 Å². The topological polar surface area (TPSA) is 45.0 Å². The quantitative estimate of drug-likeness (QED) is 0.713. The van der Waals surface area contributed by atoms with E-state index in [2.05, 4.69) is 11.4 Å². The van der Waals surface area contributed by atoms with Gasteiger partial charge in [0.25, 0.3) is 0 Å². The van der Waals surface area contributed by atoms with Gasteiger partial charge >= 0.3 is 0 Å². The maximum absolute atomic E-state index is 8.55. The first-order valence-corrected chi connectivity index (χ1v) is 5.05. The predicted octanol–water partition coefficient (Wildman–Crippen LogP) is 1.30. The van der Waals surface area contributed by atoms with Crippen LogP contribution in [0.1, 0.15) is 26.2 Å². The fourth-order valence-electron chi connectivity index (χ4n) is 1.47. The fraction of sp³-hybridized carbons (Fsp3) is 0.900. The first kappa shape index (κ1) is 10.5. The molecule has 1 saturated heterocycles. The molecule has 0 aromatic rings. The van der Waals surface area contributed by atoms with Gasteiger partial charge in [0.2, 0.25) is 0 Å². The highest BCUT2D eigenvalue weighted by Gasteiger charge is 2.13. The summed E-state index contributed by atoms with van der Waals surface area (Å²) in [5, 5.41) is 11.8. The van der Waals surface area contributed by atoms with Crippen molar-refractivity contribution in [3.63, 3.8) is 0 Å². The molecular weight excluding hydrogens is 164 g/mol.